The molecule has 4 heterocycles. The standard InChI is InChI=1S/C15H15N7O2/c16-14-20-13(12-17-2-3-18-12)22-9-7-11-10(23-4-1-5-24-11)6-8(9)19-15(22)21-14/h2-3,6-7,13H,1,4-5H2,(H,17,18)(H3,16,19,20,21). The first kappa shape index (κ1) is 13.2. The number of H-pyrrole nitrogens is 1. The predicted molar refractivity (Wildman–Crippen MR) is 87.3 cm³/mol. The lowest BCUT2D eigenvalue weighted by Gasteiger charge is -2.22. The number of hydrogen-bond donors (Lipinski definition) is 3. The summed E-state index contributed by atoms with van der Waals surface area (Å²) >= 11 is 0. The van der Waals surface area contributed by atoms with E-state index in [1.807, 2.05) is 16.7 Å². The molecule has 0 radical (unpaired) electrons. The fourth-order valence-electron chi connectivity index (χ4n) is 3.03. The first-order chi connectivity index (χ1) is 11.8. The minimum atomic E-state index is -0.411. The van der Waals surface area contributed by atoms with Crippen molar-refractivity contribution in [1.29, 1.82) is 0 Å². The smallest absolute Gasteiger partial charge is 0.212 e. The van der Waals surface area contributed by atoms with E-state index in [1.165, 1.54) is 0 Å². The van der Waals surface area contributed by atoms with Crippen LogP contribution in [0.2, 0.25) is 0 Å². The molecule has 2 aliphatic rings. The number of nitrogens with one attached hydrogen (secondary N) is 2. The van der Waals surface area contributed by atoms with Crippen molar-refractivity contribution in [1.82, 2.24) is 19.5 Å². The van der Waals surface area contributed by atoms with Crippen molar-refractivity contribution < 1.29 is 9.47 Å². The molecule has 0 amide bonds. The second kappa shape index (κ2) is 4.88. The van der Waals surface area contributed by atoms with Crippen LogP contribution < -0.4 is 20.5 Å². The molecule has 2 aliphatic heterocycles. The van der Waals surface area contributed by atoms with Crippen molar-refractivity contribution in [2.45, 2.75) is 12.6 Å². The molecule has 24 heavy (non-hydrogen) atoms. The zero-order chi connectivity index (χ0) is 16.1. The summed E-state index contributed by atoms with van der Waals surface area (Å²) in [6.07, 6.45) is 3.89. The van der Waals surface area contributed by atoms with Gasteiger partial charge in [0.1, 0.15) is 0 Å². The first-order valence-corrected chi connectivity index (χ1v) is 7.71. The third kappa shape index (κ3) is 1.91. The van der Waals surface area contributed by atoms with Crippen molar-refractivity contribution >= 4 is 22.9 Å². The zero-order valence-corrected chi connectivity index (χ0v) is 12.7. The van der Waals surface area contributed by atoms with Crippen LogP contribution in [-0.2, 0) is 0 Å². The van der Waals surface area contributed by atoms with Gasteiger partial charge in [0.25, 0.3) is 0 Å². The number of nitrogens with two attached hydrogens (primary N) is 1. The van der Waals surface area contributed by atoms with Gasteiger partial charge in [-0.2, -0.15) is 0 Å². The first-order valence-electron chi connectivity index (χ1n) is 7.71. The van der Waals surface area contributed by atoms with Crippen LogP contribution in [0.25, 0.3) is 11.0 Å². The van der Waals surface area contributed by atoms with Crippen LogP contribution in [0.15, 0.2) is 29.5 Å². The minimum Gasteiger partial charge on any atom is -0.489 e. The normalized spacial score (nSPS) is 19.3. The average Bonchev–Trinajstić information content (AvgIpc) is 3.15. The summed E-state index contributed by atoms with van der Waals surface area (Å²) in [6.45, 7) is 1.26. The maximum Gasteiger partial charge on any atom is 0.212 e. The van der Waals surface area contributed by atoms with Crippen LogP contribution in [0.5, 0.6) is 11.5 Å². The number of hydrogen-bond acceptors (Lipinski definition) is 7. The molecule has 4 N–H and O–H groups in total. The highest BCUT2D eigenvalue weighted by molar-refractivity contribution is 5.95. The van der Waals surface area contributed by atoms with Gasteiger partial charge in [-0.1, -0.05) is 0 Å². The number of ether oxygens (including phenoxy) is 2. The van der Waals surface area contributed by atoms with Crippen molar-refractivity contribution in [3.05, 3.63) is 30.4 Å². The lowest BCUT2D eigenvalue weighted by molar-refractivity contribution is 0.297. The molecular formula is C15H15N7O2. The van der Waals surface area contributed by atoms with Crippen LogP contribution in [0.1, 0.15) is 18.4 Å². The zero-order valence-electron chi connectivity index (χ0n) is 12.7. The second-order valence-electron chi connectivity index (χ2n) is 5.63. The van der Waals surface area contributed by atoms with Gasteiger partial charge in [0.05, 0.1) is 24.2 Å². The predicted octanol–water partition coefficient (Wildman–Crippen LogP) is 1.21. The molecule has 2 aromatic heterocycles. The van der Waals surface area contributed by atoms with Crippen LogP contribution in [0.3, 0.4) is 0 Å². The van der Waals surface area contributed by atoms with E-state index in [-0.39, 0.29) is 0 Å². The Morgan fingerprint density at radius 3 is 2.83 bits per heavy atom. The van der Waals surface area contributed by atoms with Gasteiger partial charge < -0.3 is 20.2 Å². The molecule has 0 bridgehead atoms. The summed E-state index contributed by atoms with van der Waals surface area (Å²) in [5.74, 6) is 3.02. The van der Waals surface area contributed by atoms with Crippen molar-refractivity contribution in [3.63, 3.8) is 0 Å². The molecule has 0 spiro atoms. The van der Waals surface area contributed by atoms with E-state index >= 15 is 0 Å². The van der Waals surface area contributed by atoms with Crippen LogP contribution in [-0.4, -0.2) is 38.7 Å². The maximum atomic E-state index is 5.91. The van der Waals surface area contributed by atoms with E-state index < -0.39 is 6.17 Å². The molecule has 5 rings (SSSR count). The molecular weight excluding hydrogens is 310 g/mol. The Hall–Kier alpha value is -3.23. The Labute approximate surface area is 136 Å². The number of rotatable bonds is 1. The largest absolute Gasteiger partial charge is 0.489 e. The molecule has 0 saturated carbocycles. The van der Waals surface area contributed by atoms with E-state index in [0.717, 1.165) is 17.5 Å². The summed E-state index contributed by atoms with van der Waals surface area (Å²) in [5, 5.41) is 3.00. The lowest BCUT2D eigenvalue weighted by Crippen LogP contribution is -2.31. The second-order valence-corrected chi connectivity index (χ2v) is 5.63. The number of anilines is 1. The van der Waals surface area contributed by atoms with Gasteiger partial charge in [0.15, 0.2) is 29.4 Å². The fraction of sp³-hybridized carbons (Fsp3) is 0.267. The quantitative estimate of drug-likeness (QED) is 0.619. The Morgan fingerprint density at radius 1 is 1.21 bits per heavy atom. The molecule has 9 heteroatoms. The Balaban J connectivity index is 1.73. The Morgan fingerprint density at radius 2 is 2.04 bits per heavy atom. The molecule has 0 fully saturated rings. The summed E-state index contributed by atoms with van der Waals surface area (Å²) in [4.78, 5) is 16.5. The number of aromatic amines is 1. The summed E-state index contributed by atoms with van der Waals surface area (Å²) in [5.41, 5.74) is 7.56. The number of nitrogens with zero attached hydrogens (tertiary/aromatic N) is 4. The van der Waals surface area contributed by atoms with E-state index in [0.29, 0.717) is 42.4 Å². The van der Waals surface area contributed by atoms with Gasteiger partial charge in [-0.15, -0.1) is 0 Å². The molecule has 1 aromatic carbocycles. The van der Waals surface area contributed by atoms with E-state index in [4.69, 9.17) is 15.2 Å². The van der Waals surface area contributed by atoms with Gasteiger partial charge in [-0.05, 0) is 0 Å². The van der Waals surface area contributed by atoms with E-state index in [9.17, 15) is 0 Å². The SMILES string of the molecule is NC1=NC(c2ncc[nH]2)n2c(nc3cc4c(cc32)OCCCO4)N1. The van der Waals surface area contributed by atoms with Crippen LogP contribution in [0, 0.1) is 0 Å². The Bertz CT molecular complexity index is 945. The number of aliphatic imine (C=N–C) groups is 1. The molecule has 0 saturated heterocycles. The van der Waals surface area contributed by atoms with Gasteiger partial charge in [-0.25, -0.2) is 15.0 Å². The highest BCUT2D eigenvalue weighted by Gasteiger charge is 2.28. The van der Waals surface area contributed by atoms with Gasteiger partial charge in [0.2, 0.25) is 5.95 Å². The topological polar surface area (TPSA) is 115 Å². The van der Waals surface area contributed by atoms with Gasteiger partial charge >= 0.3 is 0 Å². The molecule has 0 aliphatic carbocycles. The molecule has 1 unspecified atom stereocenters. The highest BCUT2D eigenvalue weighted by atomic mass is 16.5. The maximum absolute atomic E-state index is 5.91. The number of benzene rings is 1. The summed E-state index contributed by atoms with van der Waals surface area (Å²) < 4.78 is 13.5. The third-order valence-corrected chi connectivity index (χ3v) is 4.07. The number of aromatic nitrogens is 4. The molecule has 122 valence electrons. The number of imidazole rings is 2. The van der Waals surface area contributed by atoms with Crippen molar-refractivity contribution in [2.24, 2.45) is 10.7 Å². The monoisotopic (exact) mass is 325 g/mol. The highest BCUT2D eigenvalue weighted by Crippen LogP contribution is 2.38. The van der Waals surface area contributed by atoms with E-state index in [2.05, 4.69) is 25.3 Å². The number of fused-ring (bicyclic) bond motifs is 4. The van der Waals surface area contributed by atoms with Gasteiger partial charge in [0, 0.05) is 30.9 Å². The van der Waals surface area contributed by atoms with Crippen molar-refractivity contribution in [2.75, 3.05) is 18.5 Å². The Kier molecular flexibility index (Phi) is 2.69. The van der Waals surface area contributed by atoms with Crippen LogP contribution in [0.4, 0.5) is 5.95 Å². The summed E-state index contributed by atoms with van der Waals surface area (Å²) in [7, 11) is 0. The fourth-order valence-corrected chi connectivity index (χ4v) is 3.03. The van der Waals surface area contributed by atoms with E-state index in [1.54, 1.807) is 12.4 Å². The molecule has 1 atom stereocenters. The minimum absolute atomic E-state index is 0.299. The third-order valence-electron chi connectivity index (χ3n) is 4.07. The molecule has 3 aromatic rings. The lowest BCUT2D eigenvalue weighted by atomic mass is 10.2. The van der Waals surface area contributed by atoms with Crippen LogP contribution >= 0.6 is 0 Å². The summed E-state index contributed by atoms with van der Waals surface area (Å²) in [6, 6.07) is 3.82. The average molecular weight is 325 g/mol. The molecule has 9 nitrogen and oxygen atoms in total. The van der Waals surface area contributed by atoms with Gasteiger partial charge in [-0.3, -0.25) is 9.88 Å². The van der Waals surface area contributed by atoms with Crippen molar-refractivity contribution in [3.8, 4) is 11.5 Å². The number of guanidine groups is 1.